The Morgan fingerprint density at radius 3 is 1.94 bits per heavy atom. The van der Waals surface area contributed by atoms with Crippen LogP contribution < -0.4 is 5.73 Å². The zero-order chi connectivity index (χ0) is 13.7. The Balaban J connectivity index is 4.56. The summed E-state index contributed by atoms with van der Waals surface area (Å²) >= 11 is 0. The normalized spacial score (nSPS) is 14.8. The van der Waals surface area contributed by atoms with Crippen LogP contribution in [0.1, 0.15) is 67.2 Å². The highest BCUT2D eigenvalue weighted by Gasteiger charge is 2.31. The molecule has 0 saturated carbocycles. The van der Waals surface area contributed by atoms with Crippen LogP contribution in [0.2, 0.25) is 0 Å². The molecule has 0 aromatic heterocycles. The average molecular weight is 241 g/mol. The molecule has 0 aromatic carbocycles. The fourth-order valence-corrected chi connectivity index (χ4v) is 2.21. The molecular weight excluding hydrogens is 210 g/mol. The van der Waals surface area contributed by atoms with E-state index in [1.165, 1.54) is 0 Å². The van der Waals surface area contributed by atoms with Gasteiger partial charge in [0.2, 0.25) is 0 Å². The van der Waals surface area contributed by atoms with Crippen LogP contribution in [0.5, 0.6) is 0 Å². The van der Waals surface area contributed by atoms with Gasteiger partial charge >= 0.3 is 0 Å². The maximum Gasteiger partial charge on any atom is 0.141 e. The van der Waals surface area contributed by atoms with Gasteiger partial charge in [0, 0.05) is 11.3 Å². The lowest BCUT2D eigenvalue weighted by Crippen LogP contribution is -2.31. The fraction of sp³-hybridized carbons (Fsp3) is 0.933. The molecule has 2 heteroatoms. The van der Waals surface area contributed by atoms with Gasteiger partial charge in [0.1, 0.15) is 5.78 Å². The summed E-state index contributed by atoms with van der Waals surface area (Å²) < 4.78 is 0. The number of unbranched alkanes of at least 4 members (excludes halogenated alkanes) is 1. The fourth-order valence-electron chi connectivity index (χ4n) is 2.21. The highest BCUT2D eigenvalue weighted by atomic mass is 16.1. The second-order valence-corrected chi connectivity index (χ2v) is 7.36. The van der Waals surface area contributed by atoms with Crippen LogP contribution in [0.4, 0.5) is 0 Å². The van der Waals surface area contributed by atoms with Crippen LogP contribution >= 0.6 is 0 Å². The first-order chi connectivity index (χ1) is 7.58. The Morgan fingerprint density at radius 1 is 1.06 bits per heavy atom. The van der Waals surface area contributed by atoms with Crippen molar-refractivity contribution in [3.05, 3.63) is 0 Å². The Labute approximate surface area is 107 Å². The summed E-state index contributed by atoms with van der Waals surface area (Å²) in [7, 11) is 0. The van der Waals surface area contributed by atoms with Gasteiger partial charge in [-0.05, 0) is 31.2 Å². The van der Waals surface area contributed by atoms with Gasteiger partial charge in [-0.2, -0.15) is 0 Å². The molecule has 102 valence electrons. The van der Waals surface area contributed by atoms with Gasteiger partial charge in [0.25, 0.3) is 0 Å². The van der Waals surface area contributed by atoms with Gasteiger partial charge in [-0.1, -0.05) is 48.0 Å². The van der Waals surface area contributed by atoms with Gasteiger partial charge in [-0.15, -0.1) is 0 Å². The lowest BCUT2D eigenvalue weighted by atomic mass is 9.74. The predicted molar refractivity (Wildman–Crippen MR) is 74.9 cm³/mol. The van der Waals surface area contributed by atoms with Crippen molar-refractivity contribution in [1.29, 1.82) is 0 Å². The number of hydrogen-bond donors (Lipinski definition) is 1. The molecule has 0 amide bonds. The Kier molecular flexibility index (Phi) is 6.39. The minimum atomic E-state index is -0.224. The molecule has 17 heavy (non-hydrogen) atoms. The maximum absolute atomic E-state index is 12.4. The van der Waals surface area contributed by atoms with Crippen molar-refractivity contribution >= 4 is 5.78 Å². The smallest absolute Gasteiger partial charge is 0.141 e. The summed E-state index contributed by atoms with van der Waals surface area (Å²) in [6.45, 7) is 13.4. The van der Waals surface area contributed by atoms with E-state index in [4.69, 9.17) is 5.73 Å². The largest absolute Gasteiger partial charge is 0.330 e. The molecular formula is C15H31NO. The van der Waals surface area contributed by atoms with E-state index in [-0.39, 0.29) is 16.7 Å². The lowest BCUT2D eigenvalue weighted by molar-refractivity contribution is -0.131. The third-order valence-electron chi connectivity index (χ3n) is 2.98. The first kappa shape index (κ1) is 16.6. The van der Waals surface area contributed by atoms with E-state index in [0.29, 0.717) is 5.78 Å². The van der Waals surface area contributed by atoms with Gasteiger partial charge in [0.15, 0.2) is 0 Å². The van der Waals surface area contributed by atoms with Crippen molar-refractivity contribution in [3.63, 3.8) is 0 Å². The molecule has 0 rings (SSSR count). The topological polar surface area (TPSA) is 43.1 Å². The minimum Gasteiger partial charge on any atom is -0.330 e. The summed E-state index contributed by atoms with van der Waals surface area (Å²) in [5, 5.41) is 0. The molecule has 0 aliphatic carbocycles. The van der Waals surface area contributed by atoms with Crippen LogP contribution in [-0.4, -0.2) is 12.3 Å². The first-order valence-electron chi connectivity index (χ1n) is 6.82. The second-order valence-electron chi connectivity index (χ2n) is 7.36. The summed E-state index contributed by atoms with van der Waals surface area (Å²) in [6, 6.07) is 0. The Hall–Kier alpha value is -0.370. The zero-order valence-electron chi connectivity index (χ0n) is 12.6. The van der Waals surface area contributed by atoms with E-state index in [0.717, 1.165) is 32.2 Å². The molecule has 0 aromatic rings. The average Bonchev–Trinajstić information content (AvgIpc) is 2.12. The van der Waals surface area contributed by atoms with E-state index in [9.17, 15) is 4.79 Å². The number of carbonyl (C=O) groups is 1. The first-order valence-corrected chi connectivity index (χ1v) is 6.82. The van der Waals surface area contributed by atoms with Gasteiger partial charge < -0.3 is 5.73 Å². The molecule has 1 atom stereocenters. The molecule has 0 saturated heterocycles. The molecule has 2 N–H and O–H groups in total. The minimum absolute atomic E-state index is 0.196. The molecule has 0 aliphatic heterocycles. The number of rotatable bonds is 6. The molecule has 2 nitrogen and oxygen atoms in total. The molecule has 0 unspecified atom stereocenters. The van der Waals surface area contributed by atoms with E-state index in [2.05, 4.69) is 20.8 Å². The van der Waals surface area contributed by atoms with Crippen molar-refractivity contribution in [2.24, 2.45) is 22.5 Å². The van der Waals surface area contributed by atoms with E-state index in [1.807, 2.05) is 20.8 Å². The van der Waals surface area contributed by atoms with E-state index in [1.54, 1.807) is 0 Å². The SMILES string of the molecule is CC(C)(C)C[C@@H](CCCCN)C(=O)C(C)(C)C. The molecule has 0 aliphatic rings. The number of carbonyl (C=O) groups excluding carboxylic acids is 1. The van der Waals surface area contributed by atoms with E-state index >= 15 is 0 Å². The molecule has 0 radical (unpaired) electrons. The van der Waals surface area contributed by atoms with Crippen molar-refractivity contribution in [1.82, 2.24) is 0 Å². The van der Waals surface area contributed by atoms with Crippen LogP contribution in [0.15, 0.2) is 0 Å². The molecule has 0 spiro atoms. The monoisotopic (exact) mass is 241 g/mol. The highest BCUT2D eigenvalue weighted by molar-refractivity contribution is 5.85. The van der Waals surface area contributed by atoms with Crippen molar-refractivity contribution in [2.45, 2.75) is 67.2 Å². The van der Waals surface area contributed by atoms with Crippen LogP contribution in [0.3, 0.4) is 0 Å². The Morgan fingerprint density at radius 2 is 1.59 bits per heavy atom. The standard InChI is InChI=1S/C15H31NO/c1-14(2,3)11-12(9-7-8-10-16)13(17)15(4,5)6/h12H,7-11,16H2,1-6H3/t12-/m1/s1. The molecule has 0 fully saturated rings. The van der Waals surface area contributed by atoms with Crippen molar-refractivity contribution in [2.75, 3.05) is 6.54 Å². The second kappa shape index (κ2) is 6.53. The van der Waals surface area contributed by atoms with Crippen LogP contribution in [0.25, 0.3) is 0 Å². The molecule has 0 heterocycles. The maximum atomic E-state index is 12.4. The third-order valence-corrected chi connectivity index (χ3v) is 2.98. The summed E-state index contributed by atoms with van der Waals surface area (Å²) in [6.07, 6.45) is 4.06. The summed E-state index contributed by atoms with van der Waals surface area (Å²) in [5.41, 5.74) is 5.51. The number of Topliss-reactive ketones (excluding diaryl/α,β-unsaturated/α-hetero) is 1. The van der Waals surface area contributed by atoms with Gasteiger partial charge in [0.05, 0.1) is 0 Å². The van der Waals surface area contributed by atoms with Crippen molar-refractivity contribution < 1.29 is 4.79 Å². The van der Waals surface area contributed by atoms with Crippen LogP contribution in [0, 0.1) is 16.7 Å². The molecule has 0 bridgehead atoms. The van der Waals surface area contributed by atoms with Gasteiger partial charge in [-0.25, -0.2) is 0 Å². The highest BCUT2D eigenvalue weighted by Crippen LogP contribution is 2.32. The number of ketones is 1. The zero-order valence-corrected chi connectivity index (χ0v) is 12.6. The quantitative estimate of drug-likeness (QED) is 0.719. The third kappa shape index (κ3) is 7.54. The summed E-state index contributed by atoms with van der Waals surface area (Å²) in [5.74, 6) is 0.603. The number of nitrogens with two attached hydrogens (primary N) is 1. The predicted octanol–water partition coefficient (Wildman–Crippen LogP) is 3.78. The number of hydrogen-bond acceptors (Lipinski definition) is 2. The summed E-state index contributed by atoms with van der Waals surface area (Å²) in [4.78, 5) is 12.4. The Bertz CT molecular complexity index is 232. The van der Waals surface area contributed by atoms with E-state index < -0.39 is 0 Å². The van der Waals surface area contributed by atoms with Gasteiger partial charge in [-0.3, -0.25) is 4.79 Å². The van der Waals surface area contributed by atoms with Crippen molar-refractivity contribution in [3.8, 4) is 0 Å². The lowest BCUT2D eigenvalue weighted by Gasteiger charge is -2.30. The van der Waals surface area contributed by atoms with Crippen LogP contribution in [-0.2, 0) is 4.79 Å².